The van der Waals surface area contributed by atoms with Crippen LogP contribution >= 0.6 is 0 Å². The van der Waals surface area contributed by atoms with Gasteiger partial charge in [0.05, 0.1) is 0 Å². The van der Waals surface area contributed by atoms with Crippen molar-refractivity contribution < 1.29 is 5.11 Å². The average molecular weight is 176 g/mol. The van der Waals surface area contributed by atoms with Crippen molar-refractivity contribution in [2.45, 2.75) is 26.2 Å². The molecule has 0 bridgehead atoms. The molecule has 70 valence electrons. The van der Waals surface area contributed by atoms with E-state index in [4.69, 9.17) is 0 Å². The molecule has 0 fully saturated rings. The molecule has 0 spiro atoms. The molecule has 1 rings (SSSR count). The van der Waals surface area contributed by atoms with E-state index in [2.05, 4.69) is 19.1 Å². The van der Waals surface area contributed by atoms with Crippen LogP contribution in [0.2, 0.25) is 0 Å². The molecular formula is C12H16O. The number of phenolic OH excluding ortho intramolecular Hbond substituents is 1. The Balaban J connectivity index is 2.45. The van der Waals surface area contributed by atoms with Gasteiger partial charge < -0.3 is 5.11 Å². The van der Waals surface area contributed by atoms with Gasteiger partial charge in [0, 0.05) is 0 Å². The lowest BCUT2D eigenvalue weighted by Gasteiger charge is -2.00. The van der Waals surface area contributed by atoms with Gasteiger partial charge >= 0.3 is 0 Å². The first kappa shape index (κ1) is 9.85. The zero-order valence-corrected chi connectivity index (χ0v) is 8.03. The minimum absolute atomic E-state index is 0.410. The molecule has 0 heterocycles. The van der Waals surface area contributed by atoms with Gasteiger partial charge in [-0.05, 0) is 30.9 Å². The molecule has 13 heavy (non-hydrogen) atoms. The molecule has 0 aliphatic carbocycles. The van der Waals surface area contributed by atoms with Crippen LogP contribution in [0.4, 0.5) is 0 Å². The highest BCUT2D eigenvalue weighted by Crippen LogP contribution is 2.17. The number of aryl methyl sites for hydroxylation is 1. The number of phenols is 1. The van der Waals surface area contributed by atoms with Crippen LogP contribution in [0.3, 0.4) is 0 Å². The van der Waals surface area contributed by atoms with Crippen molar-refractivity contribution in [2.24, 2.45) is 0 Å². The largest absolute Gasteiger partial charge is 0.508 e. The third-order valence-electron chi connectivity index (χ3n) is 1.97. The molecule has 1 N–H and O–H groups in total. The van der Waals surface area contributed by atoms with Crippen LogP contribution in [0.1, 0.15) is 25.3 Å². The molecule has 0 radical (unpaired) electrons. The first-order valence-corrected chi connectivity index (χ1v) is 4.76. The van der Waals surface area contributed by atoms with Crippen LogP contribution in [-0.4, -0.2) is 5.11 Å². The first-order valence-electron chi connectivity index (χ1n) is 4.76. The Bertz CT molecular complexity index is 276. The maximum atomic E-state index is 9.44. The van der Waals surface area contributed by atoms with E-state index in [1.54, 1.807) is 6.07 Å². The van der Waals surface area contributed by atoms with Crippen molar-refractivity contribution in [1.82, 2.24) is 0 Å². The predicted molar refractivity (Wildman–Crippen MR) is 55.9 cm³/mol. The monoisotopic (exact) mass is 176 g/mol. The number of benzene rings is 1. The molecule has 0 atom stereocenters. The van der Waals surface area contributed by atoms with Gasteiger partial charge in [-0.15, -0.1) is 0 Å². The zero-order valence-electron chi connectivity index (χ0n) is 8.03. The van der Waals surface area contributed by atoms with Crippen molar-refractivity contribution in [3.05, 3.63) is 42.0 Å². The van der Waals surface area contributed by atoms with Crippen LogP contribution in [-0.2, 0) is 6.42 Å². The van der Waals surface area contributed by atoms with Gasteiger partial charge in [-0.1, -0.05) is 37.3 Å². The van der Waals surface area contributed by atoms with E-state index in [1.807, 2.05) is 18.2 Å². The van der Waals surface area contributed by atoms with Gasteiger partial charge in [-0.2, -0.15) is 0 Å². The van der Waals surface area contributed by atoms with Crippen LogP contribution in [0.5, 0.6) is 5.75 Å². The van der Waals surface area contributed by atoms with Crippen molar-refractivity contribution in [1.29, 1.82) is 0 Å². The number of hydrogen-bond acceptors (Lipinski definition) is 1. The molecule has 0 saturated heterocycles. The van der Waals surface area contributed by atoms with E-state index >= 15 is 0 Å². The molecule has 0 saturated carbocycles. The van der Waals surface area contributed by atoms with E-state index < -0.39 is 0 Å². The summed E-state index contributed by atoms with van der Waals surface area (Å²) in [5, 5.41) is 9.44. The second kappa shape index (κ2) is 5.41. The van der Waals surface area contributed by atoms with Crippen LogP contribution in [0, 0.1) is 0 Å². The molecule has 1 nitrogen and oxygen atoms in total. The summed E-state index contributed by atoms with van der Waals surface area (Å²) in [5.41, 5.74) is 1.03. The molecular weight excluding hydrogens is 160 g/mol. The lowest BCUT2D eigenvalue weighted by molar-refractivity contribution is 0.468. The van der Waals surface area contributed by atoms with Crippen molar-refractivity contribution in [3.8, 4) is 5.75 Å². The van der Waals surface area contributed by atoms with Gasteiger partial charge in [0.15, 0.2) is 0 Å². The Morgan fingerprint density at radius 3 is 2.69 bits per heavy atom. The second-order valence-electron chi connectivity index (χ2n) is 3.05. The third kappa shape index (κ3) is 3.32. The molecule has 0 aliphatic heterocycles. The number of allylic oxidation sites excluding steroid dienone is 2. The summed E-state index contributed by atoms with van der Waals surface area (Å²) in [5.74, 6) is 0.410. The fourth-order valence-corrected chi connectivity index (χ4v) is 1.25. The van der Waals surface area contributed by atoms with Crippen molar-refractivity contribution >= 4 is 0 Å². The predicted octanol–water partition coefficient (Wildman–Crippen LogP) is 3.29. The minimum Gasteiger partial charge on any atom is -0.508 e. The first-order chi connectivity index (χ1) is 6.34. The number of rotatable bonds is 4. The van der Waals surface area contributed by atoms with Crippen LogP contribution in [0.25, 0.3) is 0 Å². The normalized spacial score (nSPS) is 10.8. The van der Waals surface area contributed by atoms with Gasteiger partial charge in [0.2, 0.25) is 0 Å². The Kier molecular flexibility index (Phi) is 4.10. The summed E-state index contributed by atoms with van der Waals surface area (Å²) >= 11 is 0. The summed E-state index contributed by atoms with van der Waals surface area (Å²) in [7, 11) is 0. The summed E-state index contributed by atoms with van der Waals surface area (Å²) < 4.78 is 0. The number of aromatic hydroxyl groups is 1. The van der Waals surface area contributed by atoms with E-state index in [0.717, 1.165) is 24.8 Å². The summed E-state index contributed by atoms with van der Waals surface area (Å²) in [6.07, 6.45) is 7.32. The average Bonchev–Trinajstić information content (AvgIpc) is 2.15. The molecule has 1 heteroatoms. The minimum atomic E-state index is 0.410. The number of para-hydroxylation sites is 1. The van der Waals surface area contributed by atoms with Gasteiger partial charge in [0.25, 0.3) is 0 Å². The highest BCUT2D eigenvalue weighted by Gasteiger charge is 1.96. The third-order valence-corrected chi connectivity index (χ3v) is 1.97. The Morgan fingerprint density at radius 2 is 2.00 bits per heavy atom. The van der Waals surface area contributed by atoms with E-state index in [1.165, 1.54) is 0 Å². The summed E-state index contributed by atoms with van der Waals surface area (Å²) in [6.45, 7) is 2.12. The fourth-order valence-electron chi connectivity index (χ4n) is 1.25. The highest BCUT2D eigenvalue weighted by molar-refractivity contribution is 5.31. The van der Waals surface area contributed by atoms with Gasteiger partial charge in [-0.25, -0.2) is 0 Å². The van der Waals surface area contributed by atoms with Crippen LogP contribution < -0.4 is 0 Å². The Labute approximate surface area is 79.7 Å². The molecule has 1 aromatic rings. The fraction of sp³-hybridized carbons (Fsp3) is 0.333. The topological polar surface area (TPSA) is 20.2 Å². The molecule has 0 aliphatic rings. The lowest BCUT2D eigenvalue weighted by atomic mass is 10.1. The number of hydrogen-bond donors (Lipinski definition) is 1. The maximum absolute atomic E-state index is 9.44. The van der Waals surface area contributed by atoms with Crippen LogP contribution in [0.15, 0.2) is 36.4 Å². The van der Waals surface area contributed by atoms with Crippen molar-refractivity contribution in [2.75, 3.05) is 0 Å². The van der Waals surface area contributed by atoms with Gasteiger partial charge in [0.1, 0.15) is 5.75 Å². The Morgan fingerprint density at radius 1 is 1.23 bits per heavy atom. The second-order valence-corrected chi connectivity index (χ2v) is 3.05. The quantitative estimate of drug-likeness (QED) is 0.698. The highest BCUT2D eigenvalue weighted by atomic mass is 16.3. The Hall–Kier alpha value is -1.24. The van der Waals surface area contributed by atoms with Gasteiger partial charge in [-0.3, -0.25) is 0 Å². The molecule has 0 aromatic heterocycles. The standard InChI is InChI=1S/C12H16O/c1-2-3-4-5-8-11-9-6-7-10-12(11)13/h3-4,6-7,9-10,13H,2,5,8H2,1H3/b4-3-. The molecule has 0 amide bonds. The van der Waals surface area contributed by atoms with E-state index in [0.29, 0.717) is 5.75 Å². The van der Waals surface area contributed by atoms with Crippen molar-refractivity contribution in [3.63, 3.8) is 0 Å². The molecule has 1 aromatic carbocycles. The van der Waals surface area contributed by atoms with E-state index in [9.17, 15) is 5.11 Å². The maximum Gasteiger partial charge on any atom is 0.118 e. The SMILES string of the molecule is CC/C=C\CCc1ccccc1O. The zero-order chi connectivity index (χ0) is 9.52. The smallest absolute Gasteiger partial charge is 0.118 e. The molecule has 0 unspecified atom stereocenters. The summed E-state index contributed by atoms with van der Waals surface area (Å²) in [4.78, 5) is 0. The van der Waals surface area contributed by atoms with E-state index in [-0.39, 0.29) is 0 Å². The lowest BCUT2D eigenvalue weighted by Crippen LogP contribution is -1.83. The summed E-state index contributed by atoms with van der Waals surface area (Å²) in [6, 6.07) is 7.51.